The number of nitrogens with zero attached hydrogens (tertiary/aromatic N) is 4. The van der Waals surface area contributed by atoms with Crippen molar-refractivity contribution in [2.45, 2.75) is 71.3 Å². The Kier molecular flexibility index (Phi) is 6.06. The number of amides is 2. The Bertz CT molecular complexity index is 907. The quantitative estimate of drug-likeness (QED) is 0.818. The molecule has 30 heavy (non-hydrogen) atoms. The Labute approximate surface area is 178 Å². The van der Waals surface area contributed by atoms with Crippen molar-refractivity contribution in [3.8, 4) is 0 Å². The molecule has 7 nitrogen and oxygen atoms in total. The van der Waals surface area contributed by atoms with Crippen LogP contribution in [0.15, 0.2) is 18.6 Å². The first-order valence-electron chi connectivity index (χ1n) is 11.4. The van der Waals surface area contributed by atoms with E-state index in [9.17, 15) is 9.59 Å². The van der Waals surface area contributed by atoms with E-state index in [0.717, 1.165) is 44.5 Å². The van der Waals surface area contributed by atoms with E-state index in [2.05, 4.69) is 34.0 Å². The first-order chi connectivity index (χ1) is 14.5. The zero-order valence-electron chi connectivity index (χ0n) is 18.3. The molecule has 1 aliphatic heterocycles. The maximum Gasteiger partial charge on any atom is 0.274 e. The number of rotatable bonds is 5. The minimum atomic E-state index is -0.180. The van der Waals surface area contributed by atoms with Gasteiger partial charge >= 0.3 is 0 Å². The number of piperidine rings is 1. The number of aromatic nitrogens is 3. The Balaban J connectivity index is 1.47. The van der Waals surface area contributed by atoms with Gasteiger partial charge in [0.05, 0.1) is 0 Å². The molecule has 162 valence electrons. The molecule has 7 heteroatoms. The number of carbonyl (C=O) groups excluding carboxylic acids is 2. The van der Waals surface area contributed by atoms with Crippen molar-refractivity contribution in [2.24, 2.45) is 11.8 Å². The third kappa shape index (κ3) is 4.07. The minimum Gasteiger partial charge on any atom is -0.348 e. The molecule has 1 saturated carbocycles. The number of fused-ring (bicyclic) bond motifs is 1. The summed E-state index contributed by atoms with van der Waals surface area (Å²) < 4.78 is 1.95. The van der Waals surface area contributed by atoms with Crippen molar-refractivity contribution in [1.29, 1.82) is 0 Å². The maximum absolute atomic E-state index is 12.7. The number of nitrogens with one attached hydrogen (secondary N) is 1. The standard InChI is InChI=1S/C23H33N5O2/c1-15(2)16(3)26-22(29)20-21-24-11-8-19(28(21)14-25-20)17-9-12-27(13-10-17)23(30)18-6-4-5-7-18/h8,11,14-18H,4-7,9-10,12-13H2,1-3H3,(H,26,29). The first kappa shape index (κ1) is 20.8. The van der Waals surface area contributed by atoms with Crippen molar-refractivity contribution in [1.82, 2.24) is 24.6 Å². The molecule has 4 rings (SSSR count). The molecule has 1 atom stereocenters. The van der Waals surface area contributed by atoms with Crippen LogP contribution >= 0.6 is 0 Å². The average Bonchev–Trinajstić information content (AvgIpc) is 3.43. The summed E-state index contributed by atoms with van der Waals surface area (Å²) >= 11 is 0. The molecule has 2 aromatic heterocycles. The number of carbonyl (C=O) groups is 2. The van der Waals surface area contributed by atoms with E-state index in [1.165, 1.54) is 12.8 Å². The van der Waals surface area contributed by atoms with Crippen molar-refractivity contribution in [3.63, 3.8) is 0 Å². The maximum atomic E-state index is 12.7. The van der Waals surface area contributed by atoms with Gasteiger partial charge in [-0.15, -0.1) is 0 Å². The lowest BCUT2D eigenvalue weighted by atomic mass is 9.92. The fourth-order valence-electron chi connectivity index (χ4n) is 4.68. The third-order valence-corrected chi connectivity index (χ3v) is 6.97. The molecule has 0 bridgehead atoms. The molecule has 1 N–H and O–H groups in total. The molecule has 1 saturated heterocycles. The predicted octanol–water partition coefficient (Wildman–Crippen LogP) is 3.40. The highest BCUT2D eigenvalue weighted by molar-refractivity contribution is 5.98. The van der Waals surface area contributed by atoms with Crippen LogP contribution in [0.3, 0.4) is 0 Å². The lowest BCUT2D eigenvalue weighted by molar-refractivity contribution is -0.136. The lowest BCUT2D eigenvalue weighted by Crippen LogP contribution is -2.41. The third-order valence-electron chi connectivity index (χ3n) is 6.97. The summed E-state index contributed by atoms with van der Waals surface area (Å²) in [5.74, 6) is 1.11. The summed E-state index contributed by atoms with van der Waals surface area (Å²) in [7, 11) is 0. The second-order valence-electron chi connectivity index (χ2n) is 9.24. The normalized spacial score (nSPS) is 19.5. The van der Waals surface area contributed by atoms with Gasteiger partial charge in [0.15, 0.2) is 11.3 Å². The number of hydrogen-bond donors (Lipinski definition) is 1. The fraction of sp³-hybridized carbons (Fsp3) is 0.652. The number of imidazole rings is 1. The molecule has 0 aromatic carbocycles. The largest absolute Gasteiger partial charge is 0.348 e. The number of hydrogen-bond acceptors (Lipinski definition) is 4. The van der Waals surface area contributed by atoms with Crippen LogP contribution < -0.4 is 5.32 Å². The zero-order valence-corrected chi connectivity index (χ0v) is 18.3. The lowest BCUT2D eigenvalue weighted by Gasteiger charge is -2.34. The highest BCUT2D eigenvalue weighted by atomic mass is 16.2. The monoisotopic (exact) mass is 411 g/mol. The minimum absolute atomic E-state index is 0.0687. The summed E-state index contributed by atoms with van der Waals surface area (Å²) in [5.41, 5.74) is 2.10. The summed E-state index contributed by atoms with van der Waals surface area (Å²) in [4.78, 5) is 36.3. The van der Waals surface area contributed by atoms with E-state index in [4.69, 9.17) is 0 Å². The van der Waals surface area contributed by atoms with Crippen LogP contribution in [-0.2, 0) is 4.79 Å². The molecule has 1 aliphatic carbocycles. The van der Waals surface area contributed by atoms with Gasteiger partial charge < -0.3 is 10.2 Å². The summed E-state index contributed by atoms with van der Waals surface area (Å²) in [6.45, 7) is 7.77. The van der Waals surface area contributed by atoms with Gasteiger partial charge in [0, 0.05) is 42.9 Å². The molecule has 1 unspecified atom stereocenters. The van der Waals surface area contributed by atoms with Crippen LogP contribution in [0.2, 0.25) is 0 Å². The highest BCUT2D eigenvalue weighted by Gasteiger charge is 2.31. The van der Waals surface area contributed by atoms with Crippen LogP contribution in [0.4, 0.5) is 0 Å². The van der Waals surface area contributed by atoms with Crippen molar-refractivity contribution >= 4 is 17.5 Å². The zero-order chi connectivity index (χ0) is 21.3. The van der Waals surface area contributed by atoms with E-state index in [1.54, 1.807) is 12.5 Å². The second kappa shape index (κ2) is 8.74. The molecular formula is C23H33N5O2. The molecular weight excluding hydrogens is 378 g/mol. The number of likely N-dealkylation sites (tertiary alicyclic amines) is 1. The summed E-state index contributed by atoms with van der Waals surface area (Å²) in [5, 5.41) is 3.02. The smallest absolute Gasteiger partial charge is 0.274 e. The fourth-order valence-corrected chi connectivity index (χ4v) is 4.68. The van der Waals surface area contributed by atoms with Gasteiger partial charge in [-0.05, 0) is 44.6 Å². The topological polar surface area (TPSA) is 79.6 Å². The molecule has 0 spiro atoms. The summed E-state index contributed by atoms with van der Waals surface area (Å²) in [6.07, 6.45) is 9.83. The van der Waals surface area contributed by atoms with Crippen LogP contribution in [0, 0.1) is 11.8 Å². The van der Waals surface area contributed by atoms with Gasteiger partial charge in [-0.3, -0.25) is 14.0 Å². The Morgan fingerprint density at radius 1 is 1.07 bits per heavy atom. The average molecular weight is 412 g/mol. The molecule has 2 aromatic rings. The Morgan fingerprint density at radius 3 is 2.43 bits per heavy atom. The van der Waals surface area contributed by atoms with Gasteiger partial charge in [0.25, 0.3) is 5.91 Å². The highest BCUT2D eigenvalue weighted by Crippen LogP contribution is 2.32. The van der Waals surface area contributed by atoms with Gasteiger partial charge in [-0.25, -0.2) is 9.97 Å². The van der Waals surface area contributed by atoms with Crippen LogP contribution in [0.1, 0.15) is 81.4 Å². The van der Waals surface area contributed by atoms with Crippen molar-refractivity contribution in [3.05, 3.63) is 30.0 Å². The predicted molar refractivity (Wildman–Crippen MR) is 115 cm³/mol. The van der Waals surface area contributed by atoms with Crippen molar-refractivity contribution in [2.75, 3.05) is 13.1 Å². The molecule has 2 aliphatic rings. The molecule has 0 radical (unpaired) electrons. The Hall–Kier alpha value is -2.44. The van der Waals surface area contributed by atoms with Gasteiger partial charge in [0.1, 0.15) is 6.33 Å². The molecule has 2 amide bonds. The molecule has 2 fully saturated rings. The summed E-state index contributed by atoms with van der Waals surface area (Å²) in [6, 6.07) is 2.09. The molecule has 3 heterocycles. The van der Waals surface area contributed by atoms with E-state index in [1.807, 2.05) is 17.4 Å². The van der Waals surface area contributed by atoms with Crippen LogP contribution in [-0.4, -0.2) is 50.2 Å². The van der Waals surface area contributed by atoms with E-state index < -0.39 is 0 Å². The first-order valence-corrected chi connectivity index (χ1v) is 11.4. The van der Waals surface area contributed by atoms with Crippen LogP contribution in [0.5, 0.6) is 0 Å². The van der Waals surface area contributed by atoms with Gasteiger partial charge in [-0.1, -0.05) is 26.7 Å². The van der Waals surface area contributed by atoms with Crippen LogP contribution in [0.25, 0.3) is 5.65 Å². The van der Waals surface area contributed by atoms with Crippen molar-refractivity contribution < 1.29 is 9.59 Å². The second-order valence-corrected chi connectivity index (χ2v) is 9.24. The van der Waals surface area contributed by atoms with E-state index in [-0.39, 0.29) is 17.9 Å². The van der Waals surface area contributed by atoms with Gasteiger partial charge in [-0.2, -0.15) is 0 Å². The Morgan fingerprint density at radius 2 is 1.77 bits per heavy atom. The van der Waals surface area contributed by atoms with Gasteiger partial charge in [0.2, 0.25) is 5.91 Å². The van der Waals surface area contributed by atoms with E-state index >= 15 is 0 Å². The van der Waals surface area contributed by atoms with E-state index in [0.29, 0.717) is 29.1 Å². The SMILES string of the molecule is CC(C)C(C)NC(=O)c1ncn2c(C3CCN(C(=O)C4CCCC4)CC3)ccnc12.